The summed E-state index contributed by atoms with van der Waals surface area (Å²) in [7, 11) is 0. The van der Waals surface area contributed by atoms with Crippen LogP contribution in [0.1, 0.15) is 29.4 Å². The second-order valence-electron chi connectivity index (χ2n) is 5.28. The molecule has 5 heteroatoms. The number of nitrogens with zero attached hydrogens (tertiary/aromatic N) is 1. The maximum Gasteiger partial charge on any atom is 0.255 e. The van der Waals surface area contributed by atoms with Gasteiger partial charge in [0.1, 0.15) is 5.75 Å². The molecule has 1 amide bonds. The number of aromatic nitrogens is 1. The lowest BCUT2D eigenvalue weighted by molar-refractivity contribution is 0.0954. The first kappa shape index (κ1) is 19.7. The molecule has 1 unspecified atom stereocenters. The Balaban J connectivity index is 2.92. The summed E-state index contributed by atoms with van der Waals surface area (Å²) in [5.74, 6) is -0.507. The number of alkyl halides is 1. The lowest BCUT2D eigenvalue weighted by atomic mass is 10.1. The number of carbonyl (C=O) groups is 1. The van der Waals surface area contributed by atoms with E-state index < -0.39 is 0 Å². The summed E-state index contributed by atoms with van der Waals surface area (Å²) in [4.78, 5) is 16.4. The van der Waals surface area contributed by atoms with E-state index in [-0.39, 0.29) is 22.6 Å². The summed E-state index contributed by atoms with van der Waals surface area (Å²) in [6.45, 7) is 7.55. The largest absolute Gasteiger partial charge is 0.505 e. The minimum atomic E-state index is -0.366. The van der Waals surface area contributed by atoms with Crippen LogP contribution >= 0.6 is 11.6 Å². The molecule has 1 heterocycles. The summed E-state index contributed by atoms with van der Waals surface area (Å²) >= 11 is 5.97. The number of hydrogen-bond acceptors (Lipinski definition) is 3. The lowest BCUT2D eigenvalue weighted by Crippen LogP contribution is -2.25. The van der Waals surface area contributed by atoms with Gasteiger partial charge in [0.05, 0.1) is 16.6 Å². The van der Waals surface area contributed by atoms with E-state index in [2.05, 4.69) is 16.9 Å². The first-order valence-electron chi connectivity index (χ1n) is 7.64. The van der Waals surface area contributed by atoms with E-state index in [1.807, 2.05) is 13.0 Å². The Labute approximate surface area is 148 Å². The van der Waals surface area contributed by atoms with Crippen molar-refractivity contribution in [3.05, 3.63) is 72.1 Å². The van der Waals surface area contributed by atoms with Crippen LogP contribution in [0.15, 0.2) is 60.8 Å². The van der Waals surface area contributed by atoms with E-state index in [0.717, 1.165) is 5.57 Å². The van der Waals surface area contributed by atoms with Crippen molar-refractivity contribution >= 4 is 17.5 Å². The zero-order valence-corrected chi connectivity index (χ0v) is 14.8. The van der Waals surface area contributed by atoms with E-state index in [1.54, 1.807) is 49.5 Å². The molecule has 2 N–H and O–H groups in total. The summed E-state index contributed by atoms with van der Waals surface area (Å²) < 4.78 is 0. The number of carbonyl (C=O) groups excluding carboxylic acids is 1. The van der Waals surface area contributed by atoms with Crippen molar-refractivity contribution in [3.8, 4) is 5.75 Å². The standard InChI is InChI=1S/C19H23ClN2O2/c1-4-16(20)11-10-14(2)13-22-19(24)17-9-7-5-6-8-12-21-15(3)18(17)23/h4-10,12,16,23H,1,11,13H2,2-3H3,(H,22,24)/b6-5?,7-5?,8-6?,9-7?,12-8?,14-10+,17-9?,18-15?,18-17?,21-12?,21-15?. The van der Waals surface area contributed by atoms with Gasteiger partial charge in [0.15, 0.2) is 0 Å². The van der Waals surface area contributed by atoms with Crippen molar-refractivity contribution < 1.29 is 9.90 Å². The molecule has 1 aromatic heterocycles. The molecular formula is C19H23ClN2O2. The lowest BCUT2D eigenvalue weighted by Gasteiger charge is -2.07. The maximum atomic E-state index is 12.4. The highest BCUT2D eigenvalue weighted by molar-refractivity contribution is 6.21. The molecule has 0 radical (unpaired) electrons. The number of allylic oxidation sites excluding steroid dienone is 2. The second kappa shape index (κ2) is 10.4. The Hall–Kier alpha value is -2.33. The van der Waals surface area contributed by atoms with Gasteiger partial charge in [-0.25, -0.2) is 0 Å². The minimum absolute atomic E-state index is 0.123. The Morgan fingerprint density at radius 1 is 1.42 bits per heavy atom. The average Bonchev–Trinajstić information content (AvgIpc) is 2.58. The summed E-state index contributed by atoms with van der Waals surface area (Å²) in [5.41, 5.74) is 1.53. The van der Waals surface area contributed by atoms with Gasteiger partial charge in [-0.3, -0.25) is 9.78 Å². The monoisotopic (exact) mass is 346 g/mol. The highest BCUT2D eigenvalue weighted by atomic mass is 35.5. The molecule has 0 aliphatic carbocycles. The van der Waals surface area contributed by atoms with Crippen molar-refractivity contribution in [2.24, 2.45) is 0 Å². The van der Waals surface area contributed by atoms with Gasteiger partial charge in [-0.05, 0) is 32.4 Å². The fourth-order valence-corrected chi connectivity index (χ4v) is 1.89. The van der Waals surface area contributed by atoms with Crippen LogP contribution < -0.4 is 5.32 Å². The fraction of sp³-hybridized carbons (Fsp3) is 0.263. The molecule has 0 saturated carbocycles. The molecule has 0 aliphatic heterocycles. The van der Waals surface area contributed by atoms with Crippen molar-refractivity contribution in [2.45, 2.75) is 25.6 Å². The molecular weight excluding hydrogens is 324 g/mol. The molecule has 24 heavy (non-hydrogen) atoms. The van der Waals surface area contributed by atoms with E-state index >= 15 is 0 Å². The number of nitrogens with one attached hydrogen (secondary N) is 1. The Morgan fingerprint density at radius 2 is 2.12 bits per heavy atom. The Morgan fingerprint density at radius 3 is 2.83 bits per heavy atom. The summed E-state index contributed by atoms with van der Waals surface area (Å²) in [6, 6.07) is 8.55. The molecule has 1 rings (SSSR count). The zero-order valence-electron chi connectivity index (χ0n) is 14.0. The molecule has 0 aliphatic rings. The van der Waals surface area contributed by atoms with Gasteiger partial charge in [-0.2, -0.15) is 0 Å². The predicted octanol–water partition coefficient (Wildman–Crippen LogP) is 4.08. The molecule has 1 aromatic rings. The minimum Gasteiger partial charge on any atom is -0.505 e. The van der Waals surface area contributed by atoms with Gasteiger partial charge >= 0.3 is 0 Å². The second-order valence-corrected chi connectivity index (χ2v) is 5.84. The molecule has 0 aromatic carbocycles. The van der Waals surface area contributed by atoms with Crippen LogP contribution in [0.2, 0.25) is 0 Å². The van der Waals surface area contributed by atoms with Crippen LogP contribution in [0, 0.1) is 6.92 Å². The van der Waals surface area contributed by atoms with Gasteiger partial charge in [0.2, 0.25) is 0 Å². The zero-order chi connectivity index (χ0) is 17.9. The van der Waals surface area contributed by atoms with E-state index in [9.17, 15) is 9.90 Å². The van der Waals surface area contributed by atoms with Crippen molar-refractivity contribution in [1.82, 2.24) is 10.3 Å². The molecule has 4 nitrogen and oxygen atoms in total. The maximum absolute atomic E-state index is 12.4. The molecule has 0 saturated heterocycles. The number of halogens is 1. The smallest absolute Gasteiger partial charge is 0.255 e. The van der Waals surface area contributed by atoms with Crippen LogP contribution in [0.3, 0.4) is 0 Å². The highest BCUT2D eigenvalue weighted by Crippen LogP contribution is 2.17. The number of amides is 1. The van der Waals surface area contributed by atoms with Crippen molar-refractivity contribution in [3.63, 3.8) is 0 Å². The first-order valence-corrected chi connectivity index (χ1v) is 8.07. The Kier molecular flexibility index (Phi) is 8.58. The van der Waals surface area contributed by atoms with Crippen LogP contribution in [0.5, 0.6) is 5.75 Å². The molecule has 0 bridgehead atoms. The average molecular weight is 347 g/mol. The van der Waals surface area contributed by atoms with E-state index in [0.29, 0.717) is 18.7 Å². The third-order valence-corrected chi connectivity index (χ3v) is 3.62. The number of aryl methyl sites for hydroxylation is 1. The van der Waals surface area contributed by atoms with Gasteiger partial charge < -0.3 is 10.4 Å². The van der Waals surface area contributed by atoms with Gasteiger partial charge in [0, 0.05) is 12.7 Å². The first-order chi connectivity index (χ1) is 11.5. The highest BCUT2D eigenvalue weighted by Gasteiger charge is 2.11. The normalized spacial score (nSPS) is 12.0. The Bertz CT molecular complexity index is 670. The van der Waals surface area contributed by atoms with Gasteiger partial charge in [-0.1, -0.05) is 35.9 Å². The van der Waals surface area contributed by atoms with Crippen LogP contribution in [0.25, 0.3) is 0 Å². The van der Waals surface area contributed by atoms with Crippen LogP contribution in [-0.2, 0) is 0 Å². The third-order valence-electron chi connectivity index (χ3n) is 3.27. The molecule has 128 valence electrons. The summed E-state index contributed by atoms with van der Waals surface area (Å²) in [5, 5.41) is 12.9. The third kappa shape index (κ3) is 6.84. The molecule has 0 spiro atoms. The van der Waals surface area contributed by atoms with Crippen molar-refractivity contribution in [2.75, 3.05) is 6.54 Å². The fourth-order valence-electron chi connectivity index (χ4n) is 1.80. The van der Waals surface area contributed by atoms with Crippen LogP contribution in [-0.4, -0.2) is 27.9 Å². The number of aromatic hydroxyl groups is 1. The van der Waals surface area contributed by atoms with E-state index in [4.69, 9.17) is 11.6 Å². The van der Waals surface area contributed by atoms with Crippen molar-refractivity contribution in [1.29, 1.82) is 0 Å². The molecule has 0 fully saturated rings. The predicted molar refractivity (Wildman–Crippen MR) is 98.8 cm³/mol. The van der Waals surface area contributed by atoms with Gasteiger partial charge in [0.25, 0.3) is 5.91 Å². The van der Waals surface area contributed by atoms with E-state index in [1.165, 1.54) is 0 Å². The van der Waals surface area contributed by atoms with Gasteiger partial charge in [-0.15, -0.1) is 18.2 Å². The summed E-state index contributed by atoms with van der Waals surface area (Å²) in [6.07, 6.45) is 5.84. The topological polar surface area (TPSA) is 62.2 Å². The molecule has 1 atom stereocenters. The number of rotatable bonds is 6. The van der Waals surface area contributed by atoms with Crippen LogP contribution in [0.4, 0.5) is 0 Å². The number of hydrogen-bond donors (Lipinski definition) is 2. The SMILES string of the molecule is C=CC(Cl)C/C=C(\C)CNC(=O)c1ccccccnc(C)c1O. The quantitative estimate of drug-likeness (QED) is 0.602.